The van der Waals surface area contributed by atoms with Crippen molar-refractivity contribution in [2.45, 2.75) is 27.7 Å². The highest BCUT2D eigenvalue weighted by molar-refractivity contribution is 6.49. The van der Waals surface area contributed by atoms with Gasteiger partial charge in [-0.2, -0.15) is 0 Å². The summed E-state index contributed by atoms with van der Waals surface area (Å²) in [6, 6.07) is 13.3. The quantitative estimate of drug-likeness (QED) is 0.626. The Labute approximate surface area is 171 Å². The van der Waals surface area contributed by atoms with Crippen molar-refractivity contribution < 1.29 is 14.3 Å². The highest BCUT2D eigenvalue weighted by Crippen LogP contribution is 2.34. The fraction of sp³-hybridized carbons (Fsp3) is 0.261. The van der Waals surface area contributed by atoms with E-state index in [-0.39, 0.29) is 5.78 Å². The number of carbonyl (C=O) groups excluding carboxylic acids is 2. The van der Waals surface area contributed by atoms with E-state index in [4.69, 9.17) is 21.1 Å². The van der Waals surface area contributed by atoms with Gasteiger partial charge in [-0.1, -0.05) is 54.1 Å². The number of Topliss-reactive ketones (excluding diaryl/α,β-unsaturated/α-hetero) is 1. The molecule has 148 valence electrons. The van der Waals surface area contributed by atoms with Crippen LogP contribution in [0.3, 0.4) is 0 Å². The number of fused-ring (bicyclic) bond motifs is 1. The van der Waals surface area contributed by atoms with Crippen LogP contribution < -0.4 is 4.74 Å². The van der Waals surface area contributed by atoms with Gasteiger partial charge in [-0.15, -0.1) is 0 Å². The van der Waals surface area contributed by atoms with Gasteiger partial charge in [0.2, 0.25) is 0 Å². The van der Waals surface area contributed by atoms with Crippen molar-refractivity contribution in [1.82, 2.24) is 0 Å². The summed E-state index contributed by atoms with van der Waals surface area (Å²) < 4.78 is 5.71. The maximum atomic E-state index is 10.6. The number of allylic oxidation sites excluding steroid dienone is 1. The molecule has 1 aliphatic rings. The lowest BCUT2D eigenvalue weighted by Gasteiger charge is -2.15. The molecular formula is C23H26ClNO3. The summed E-state index contributed by atoms with van der Waals surface area (Å²) in [6.45, 7) is 10.9. The Bertz CT molecular complexity index is 858. The van der Waals surface area contributed by atoms with Gasteiger partial charge in [0.25, 0.3) is 0 Å². The topological polar surface area (TPSA) is 55.7 Å². The van der Waals surface area contributed by atoms with Gasteiger partial charge in [0.15, 0.2) is 5.78 Å². The average Bonchev–Trinajstić information content (AvgIpc) is 2.91. The van der Waals surface area contributed by atoms with Crippen LogP contribution in [0.2, 0.25) is 0 Å². The average molecular weight is 400 g/mol. The number of hydrogen-bond donors (Lipinski definition) is 0. The molecule has 0 amide bonds. The van der Waals surface area contributed by atoms with Crippen LogP contribution in [0, 0.1) is 6.92 Å². The van der Waals surface area contributed by atoms with Crippen LogP contribution in [0.15, 0.2) is 53.5 Å². The molecule has 1 aliphatic heterocycles. The zero-order valence-corrected chi connectivity index (χ0v) is 17.5. The molecule has 0 radical (unpaired) electrons. The smallest absolute Gasteiger partial charge is 0.159 e. The predicted molar refractivity (Wildman–Crippen MR) is 117 cm³/mol. The monoisotopic (exact) mass is 399 g/mol. The van der Waals surface area contributed by atoms with E-state index >= 15 is 0 Å². The van der Waals surface area contributed by atoms with Crippen molar-refractivity contribution in [2.75, 3.05) is 13.2 Å². The third-order valence-corrected chi connectivity index (χ3v) is 4.51. The van der Waals surface area contributed by atoms with E-state index in [1.807, 2.05) is 69.2 Å². The SMILES string of the molecule is C/C=C(/Cl)c1c(C)ccc2c1C(C)=NCCO2.C=O.CC(=O)c1ccccc1. The zero-order valence-electron chi connectivity index (χ0n) is 16.8. The van der Waals surface area contributed by atoms with Crippen molar-refractivity contribution in [1.29, 1.82) is 0 Å². The first-order valence-corrected chi connectivity index (χ1v) is 9.28. The van der Waals surface area contributed by atoms with Gasteiger partial charge in [0.1, 0.15) is 19.1 Å². The van der Waals surface area contributed by atoms with Gasteiger partial charge in [-0.25, -0.2) is 0 Å². The van der Waals surface area contributed by atoms with E-state index in [9.17, 15) is 4.79 Å². The third-order valence-electron chi connectivity index (χ3n) is 4.11. The third kappa shape index (κ3) is 6.17. The Morgan fingerprint density at radius 3 is 2.32 bits per heavy atom. The van der Waals surface area contributed by atoms with Gasteiger partial charge in [-0.3, -0.25) is 9.79 Å². The zero-order chi connectivity index (χ0) is 21.1. The van der Waals surface area contributed by atoms with E-state index in [1.165, 1.54) is 0 Å². The molecule has 2 aromatic rings. The second-order valence-corrected chi connectivity index (χ2v) is 6.41. The van der Waals surface area contributed by atoms with Crippen molar-refractivity contribution in [3.05, 3.63) is 70.8 Å². The van der Waals surface area contributed by atoms with Crippen molar-refractivity contribution in [3.63, 3.8) is 0 Å². The van der Waals surface area contributed by atoms with Gasteiger partial charge >= 0.3 is 0 Å². The highest BCUT2D eigenvalue weighted by Gasteiger charge is 2.18. The fourth-order valence-electron chi connectivity index (χ4n) is 2.74. The number of benzene rings is 2. The largest absolute Gasteiger partial charge is 0.491 e. The summed E-state index contributed by atoms with van der Waals surface area (Å²) in [4.78, 5) is 23.1. The number of nitrogens with zero attached hydrogens (tertiary/aromatic N) is 1. The van der Waals surface area contributed by atoms with Gasteiger partial charge in [0, 0.05) is 27.4 Å². The molecule has 0 aromatic heterocycles. The van der Waals surface area contributed by atoms with E-state index in [0.717, 1.165) is 38.7 Å². The Hall–Kier alpha value is -2.72. The minimum absolute atomic E-state index is 0.121. The second kappa shape index (κ2) is 11.9. The van der Waals surface area contributed by atoms with Crippen molar-refractivity contribution in [3.8, 4) is 5.75 Å². The fourth-order valence-corrected chi connectivity index (χ4v) is 2.98. The minimum Gasteiger partial charge on any atom is -0.491 e. The molecule has 0 N–H and O–H groups in total. The molecule has 0 aliphatic carbocycles. The van der Waals surface area contributed by atoms with Crippen LogP contribution >= 0.6 is 11.6 Å². The van der Waals surface area contributed by atoms with Crippen molar-refractivity contribution >= 4 is 34.9 Å². The molecule has 4 nitrogen and oxygen atoms in total. The highest BCUT2D eigenvalue weighted by atomic mass is 35.5. The van der Waals surface area contributed by atoms with Gasteiger partial charge in [-0.05, 0) is 39.3 Å². The number of aryl methyl sites for hydroxylation is 1. The van der Waals surface area contributed by atoms with E-state index in [2.05, 4.69) is 11.9 Å². The van der Waals surface area contributed by atoms with Crippen LogP contribution in [0.25, 0.3) is 5.03 Å². The van der Waals surface area contributed by atoms with Crippen LogP contribution in [0.4, 0.5) is 0 Å². The summed E-state index contributed by atoms with van der Waals surface area (Å²) in [5, 5.41) is 0.749. The van der Waals surface area contributed by atoms with E-state index in [0.29, 0.717) is 13.2 Å². The summed E-state index contributed by atoms with van der Waals surface area (Å²) in [5.74, 6) is 1.000. The first-order valence-electron chi connectivity index (χ1n) is 8.90. The molecule has 0 spiro atoms. The summed E-state index contributed by atoms with van der Waals surface area (Å²) in [6.07, 6.45) is 1.91. The summed E-state index contributed by atoms with van der Waals surface area (Å²) >= 11 is 6.30. The molecule has 0 bridgehead atoms. The molecule has 1 heterocycles. The molecule has 0 saturated heterocycles. The normalized spacial score (nSPS) is 12.6. The Kier molecular flexibility index (Phi) is 9.89. The maximum absolute atomic E-state index is 10.6. The number of halogens is 1. The lowest BCUT2D eigenvalue weighted by Crippen LogP contribution is -2.03. The number of hydrogen-bond acceptors (Lipinski definition) is 4. The number of aliphatic imine (C=N–C) groups is 1. The lowest BCUT2D eigenvalue weighted by atomic mass is 9.97. The minimum atomic E-state index is 0.121. The van der Waals surface area contributed by atoms with Crippen LogP contribution in [0.5, 0.6) is 5.75 Å². The first kappa shape index (κ1) is 23.3. The molecule has 3 rings (SSSR count). The molecule has 0 saturated carbocycles. The molecule has 0 atom stereocenters. The van der Waals surface area contributed by atoms with Crippen LogP contribution in [-0.4, -0.2) is 31.4 Å². The molecule has 0 fully saturated rings. The van der Waals surface area contributed by atoms with Crippen LogP contribution in [-0.2, 0) is 4.79 Å². The van der Waals surface area contributed by atoms with Gasteiger partial charge in [0.05, 0.1) is 6.54 Å². The van der Waals surface area contributed by atoms with Crippen LogP contribution in [0.1, 0.15) is 47.8 Å². The number of carbonyl (C=O) groups is 2. The summed E-state index contributed by atoms with van der Waals surface area (Å²) in [5.41, 5.74) is 4.99. The number of rotatable bonds is 2. The molecule has 0 unspecified atom stereocenters. The Morgan fingerprint density at radius 1 is 1.14 bits per heavy atom. The molecule has 2 aromatic carbocycles. The molecule has 5 heteroatoms. The molecular weight excluding hydrogens is 374 g/mol. The number of ketones is 1. The van der Waals surface area contributed by atoms with Gasteiger partial charge < -0.3 is 9.53 Å². The predicted octanol–water partition coefficient (Wildman–Crippen LogP) is 5.50. The Balaban J connectivity index is 0.000000301. The lowest BCUT2D eigenvalue weighted by molar-refractivity contribution is -0.0980. The summed E-state index contributed by atoms with van der Waals surface area (Å²) in [7, 11) is 0. The maximum Gasteiger partial charge on any atom is 0.159 e. The molecule has 28 heavy (non-hydrogen) atoms. The Morgan fingerprint density at radius 2 is 1.79 bits per heavy atom. The first-order chi connectivity index (χ1) is 13.5. The van der Waals surface area contributed by atoms with Crippen molar-refractivity contribution in [2.24, 2.45) is 4.99 Å². The standard InChI is InChI=1S/C14H16ClNO.C8H8O.CH2O/c1-4-11(15)13-9(2)5-6-12-14(13)10(3)16-7-8-17-12;1-7(9)8-5-3-2-4-6-8;1-2/h4-6H,7-8H2,1-3H3;2-6H,1H3;1H2/b11-4+;;. The number of ether oxygens (including phenoxy) is 1. The van der Waals surface area contributed by atoms with E-state index < -0.39 is 0 Å². The second-order valence-electron chi connectivity index (χ2n) is 6.01. The van der Waals surface area contributed by atoms with E-state index in [1.54, 1.807) is 6.92 Å².